The third-order valence-electron chi connectivity index (χ3n) is 4.69. The predicted octanol–water partition coefficient (Wildman–Crippen LogP) is 4.11. The largest absolute Gasteiger partial charge is 0.462 e. The van der Waals surface area contributed by atoms with Gasteiger partial charge in [0.15, 0.2) is 0 Å². The monoisotopic (exact) mass is 380 g/mol. The van der Waals surface area contributed by atoms with Gasteiger partial charge in [-0.15, -0.1) is 11.3 Å². The molecule has 5 nitrogen and oxygen atoms in total. The Hall–Kier alpha value is -1.40. The van der Waals surface area contributed by atoms with E-state index in [-0.39, 0.29) is 11.9 Å². The van der Waals surface area contributed by atoms with Gasteiger partial charge >= 0.3 is 5.97 Å². The fraction of sp³-hybridized carbons (Fsp3) is 0.700. The van der Waals surface area contributed by atoms with Crippen molar-refractivity contribution in [1.82, 2.24) is 4.90 Å². The van der Waals surface area contributed by atoms with Gasteiger partial charge in [-0.1, -0.05) is 20.8 Å². The van der Waals surface area contributed by atoms with E-state index in [0.29, 0.717) is 29.6 Å². The quantitative estimate of drug-likeness (QED) is 0.655. The standard InChI is InChI=1S/C20H32N2O3S/c1-5-10-22(11-6-2)13-17(23)21-19-18(20(24)25-7-3)15-9-8-14(4)12-16(15)26-19/h14H,5-13H2,1-4H3,(H,21,23). The van der Waals surface area contributed by atoms with Crippen molar-refractivity contribution in [1.29, 1.82) is 0 Å². The molecule has 0 aliphatic heterocycles. The van der Waals surface area contributed by atoms with Gasteiger partial charge in [-0.3, -0.25) is 9.69 Å². The Morgan fingerprint density at radius 1 is 1.23 bits per heavy atom. The number of carbonyl (C=O) groups is 2. The van der Waals surface area contributed by atoms with E-state index in [1.54, 1.807) is 11.3 Å². The highest BCUT2D eigenvalue weighted by Crippen LogP contribution is 2.40. The van der Waals surface area contributed by atoms with Crippen molar-refractivity contribution in [2.45, 2.75) is 59.8 Å². The first kappa shape index (κ1) is 20.9. The Kier molecular flexibility index (Phi) is 8.10. The predicted molar refractivity (Wildman–Crippen MR) is 107 cm³/mol. The van der Waals surface area contributed by atoms with E-state index < -0.39 is 0 Å². The van der Waals surface area contributed by atoms with Gasteiger partial charge in [-0.2, -0.15) is 0 Å². The van der Waals surface area contributed by atoms with E-state index in [0.717, 1.165) is 50.8 Å². The number of hydrogen-bond acceptors (Lipinski definition) is 5. The fourth-order valence-electron chi connectivity index (χ4n) is 3.53. The van der Waals surface area contributed by atoms with Crippen LogP contribution in [0, 0.1) is 5.92 Å². The molecule has 0 bridgehead atoms. The van der Waals surface area contributed by atoms with Crippen molar-refractivity contribution in [2.24, 2.45) is 5.92 Å². The minimum absolute atomic E-state index is 0.0518. The Bertz CT molecular complexity index is 621. The maximum absolute atomic E-state index is 12.6. The van der Waals surface area contributed by atoms with Crippen LogP contribution in [0.1, 0.15) is 67.8 Å². The molecule has 0 fully saturated rings. The second-order valence-corrected chi connectivity index (χ2v) is 8.21. The van der Waals surface area contributed by atoms with Gasteiger partial charge in [0.2, 0.25) is 5.91 Å². The Labute approximate surface area is 161 Å². The van der Waals surface area contributed by atoms with Gasteiger partial charge in [-0.25, -0.2) is 4.79 Å². The van der Waals surface area contributed by atoms with Crippen LogP contribution < -0.4 is 5.32 Å². The van der Waals surface area contributed by atoms with Crippen LogP contribution in [0.2, 0.25) is 0 Å². The van der Waals surface area contributed by atoms with Gasteiger partial charge in [0.1, 0.15) is 5.00 Å². The molecule has 0 saturated carbocycles. The molecule has 1 atom stereocenters. The smallest absolute Gasteiger partial charge is 0.341 e. The van der Waals surface area contributed by atoms with Gasteiger partial charge in [-0.05, 0) is 63.6 Å². The molecule has 26 heavy (non-hydrogen) atoms. The fourth-order valence-corrected chi connectivity index (χ4v) is 4.94. The van der Waals surface area contributed by atoms with E-state index in [9.17, 15) is 9.59 Å². The van der Waals surface area contributed by atoms with Crippen molar-refractivity contribution >= 4 is 28.2 Å². The van der Waals surface area contributed by atoms with Gasteiger partial charge < -0.3 is 10.1 Å². The van der Waals surface area contributed by atoms with Crippen LogP contribution in [-0.2, 0) is 22.4 Å². The summed E-state index contributed by atoms with van der Waals surface area (Å²) in [6, 6.07) is 0. The van der Waals surface area contributed by atoms with Crippen LogP contribution in [0.25, 0.3) is 0 Å². The maximum atomic E-state index is 12.6. The molecule has 1 unspecified atom stereocenters. The number of nitrogens with one attached hydrogen (secondary N) is 1. The molecule has 0 spiro atoms. The Morgan fingerprint density at radius 3 is 2.54 bits per heavy atom. The zero-order valence-corrected chi connectivity index (χ0v) is 17.3. The number of nitrogens with zero attached hydrogens (tertiary/aromatic N) is 1. The van der Waals surface area contributed by atoms with E-state index in [1.165, 1.54) is 4.88 Å². The zero-order valence-electron chi connectivity index (χ0n) is 16.5. The molecular formula is C20H32N2O3S. The average Bonchev–Trinajstić information content (AvgIpc) is 2.92. The van der Waals surface area contributed by atoms with Crippen LogP contribution in [-0.4, -0.2) is 43.0 Å². The molecule has 1 heterocycles. The van der Waals surface area contributed by atoms with Crippen molar-refractivity contribution in [2.75, 3.05) is 31.6 Å². The molecule has 1 aromatic rings. The minimum Gasteiger partial charge on any atom is -0.462 e. The van der Waals surface area contributed by atoms with E-state index in [2.05, 4.69) is 31.0 Å². The van der Waals surface area contributed by atoms with Crippen molar-refractivity contribution in [3.8, 4) is 0 Å². The topological polar surface area (TPSA) is 58.6 Å². The molecule has 1 aliphatic carbocycles. The summed E-state index contributed by atoms with van der Waals surface area (Å²) in [4.78, 5) is 28.5. The molecule has 1 amide bonds. The third kappa shape index (κ3) is 5.30. The number of amides is 1. The Balaban J connectivity index is 2.19. The Morgan fingerprint density at radius 2 is 1.92 bits per heavy atom. The average molecular weight is 381 g/mol. The minimum atomic E-state index is -0.311. The van der Waals surface area contributed by atoms with E-state index in [1.807, 2.05) is 6.92 Å². The number of thiophene rings is 1. The first-order chi connectivity index (χ1) is 12.5. The summed E-state index contributed by atoms with van der Waals surface area (Å²) in [5.74, 6) is 0.252. The van der Waals surface area contributed by atoms with Gasteiger partial charge in [0.05, 0.1) is 18.7 Å². The molecule has 0 aromatic carbocycles. The second kappa shape index (κ2) is 10.1. The number of esters is 1. The molecular weight excluding hydrogens is 348 g/mol. The lowest BCUT2D eigenvalue weighted by atomic mass is 9.88. The molecule has 0 radical (unpaired) electrons. The summed E-state index contributed by atoms with van der Waals surface area (Å²) in [6.45, 7) is 10.8. The maximum Gasteiger partial charge on any atom is 0.341 e. The second-order valence-electron chi connectivity index (χ2n) is 7.10. The highest BCUT2D eigenvalue weighted by Gasteiger charge is 2.29. The van der Waals surface area contributed by atoms with Crippen LogP contribution in [0.3, 0.4) is 0 Å². The number of hydrogen-bond donors (Lipinski definition) is 1. The summed E-state index contributed by atoms with van der Waals surface area (Å²) < 4.78 is 5.27. The normalized spacial score (nSPS) is 16.4. The number of ether oxygens (including phenoxy) is 1. The van der Waals surface area contributed by atoms with Gasteiger partial charge in [0.25, 0.3) is 0 Å². The molecule has 146 valence electrons. The van der Waals surface area contributed by atoms with Crippen LogP contribution in [0.4, 0.5) is 5.00 Å². The van der Waals surface area contributed by atoms with Crippen LogP contribution >= 0.6 is 11.3 Å². The highest BCUT2D eigenvalue weighted by molar-refractivity contribution is 7.17. The number of anilines is 1. The SMILES string of the molecule is CCCN(CCC)CC(=O)Nc1sc2c(c1C(=O)OCC)CCC(C)C2. The lowest BCUT2D eigenvalue weighted by Gasteiger charge is -2.20. The molecule has 0 saturated heterocycles. The van der Waals surface area contributed by atoms with Crippen molar-refractivity contribution in [3.63, 3.8) is 0 Å². The summed E-state index contributed by atoms with van der Waals surface area (Å²) in [5, 5.41) is 3.67. The zero-order chi connectivity index (χ0) is 19.1. The first-order valence-electron chi connectivity index (χ1n) is 9.83. The summed E-state index contributed by atoms with van der Waals surface area (Å²) >= 11 is 1.55. The molecule has 1 aliphatic rings. The lowest BCUT2D eigenvalue weighted by molar-refractivity contribution is -0.117. The van der Waals surface area contributed by atoms with Gasteiger partial charge in [0, 0.05) is 4.88 Å². The number of rotatable bonds is 9. The molecule has 2 rings (SSSR count). The van der Waals surface area contributed by atoms with E-state index >= 15 is 0 Å². The number of carbonyl (C=O) groups excluding carboxylic acids is 2. The van der Waals surface area contributed by atoms with E-state index in [4.69, 9.17) is 4.74 Å². The van der Waals surface area contributed by atoms with Crippen LogP contribution in [0.5, 0.6) is 0 Å². The lowest BCUT2D eigenvalue weighted by Crippen LogP contribution is -2.34. The third-order valence-corrected chi connectivity index (χ3v) is 5.86. The summed E-state index contributed by atoms with van der Waals surface area (Å²) in [5.41, 5.74) is 1.67. The number of fused-ring (bicyclic) bond motifs is 1. The van der Waals surface area contributed by atoms with Crippen molar-refractivity contribution < 1.29 is 14.3 Å². The van der Waals surface area contributed by atoms with Crippen LogP contribution in [0.15, 0.2) is 0 Å². The highest BCUT2D eigenvalue weighted by atomic mass is 32.1. The molecule has 1 aromatic heterocycles. The first-order valence-corrected chi connectivity index (χ1v) is 10.7. The molecule has 6 heteroatoms. The summed E-state index contributed by atoms with van der Waals surface area (Å²) in [7, 11) is 0. The summed E-state index contributed by atoms with van der Waals surface area (Å²) in [6.07, 6.45) is 4.97. The molecule has 1 N–H and O–H groups in total. The van der Waals surface area contributed by atoms with Crippen molar-refractivity contribution in [3.05, 3.63) is 16.0 Å².